The molecule has 2 aromatic rings. The second-order valence-corrected chi connectivity index (χ2v) is 4.91. The summed E-state index contributed by atoms with van der Waals surface area (Å²) in [6.45, 7) is 6.02. The van der Waals surface area contributed by atoms with E-state index >= 15 is 0 Å². The van der Waals surface area contributed by atoms with E-state index in [9.17, 15) is 0 Å². The van der Waals surface area contributed by atoms with Crippen LogP contribution in [0.1, 0.15) is 12.7 Å². The zero-order valence-corrected chi connectivity index (χ0v) is 11.0. The van der Waals surface area contributed by atoms with Gasteiger partial charge in [-0.15, -0.1) is 0 Å². The first-order chi connectivity index (χ1) is 9.33. The van der Waals surface area contributed by atoms with E-state index < -0.39 is 0 Å². The second kappa shape index (κ2) is 5.50. The SMILES string of the molecule is C[C@@H]1CNCCN1Cc1noc(-c2ccccc2)n1. The van der Waals surface area contributed by atoms with Gasteiger partial charge in [0, 0.05) is 31.2 Å². The van der Waals surface area contributed by atoms with Gasteiger partial charge in [-0.3, -0.25) is 4.90 Å². The minimum Gasteiger partial charge on any atom is -0.334 e. The topological polar surface area (TPSA) is 54.2 Å². The van der Waals surface area contributed by atoms with Gasteiger partial charge in [-0.2, -0.15) is 4.98 Å². The number of aromatic nitrogens is 2. The molecule has 1 fully saturated rings. The van der Waals surface area contributed by atoms with E-state index in [1.54, 1.807) is 0 Å². The molecule has 0 spiro atoms. The molecule has 1 atom stereocenters. The standard InChI is InChI=1S/C14H18N4O/c1-11-9-15-7-8-18(11)10-13-16-14(19-17-13)12-5-3-2-4-6-12/h2-6,11,15H,7-10H2,1H3/t11-/m1/s1. The molecule has 0 amide bonds. The van der Waals surface area contributed by atoms with Gasteiger partial charge in [-0.1, -0.05) is 23.4 Å². The van der Waals surface area contributed by atoms with Crippen LogP contribution in [0.15, 0.2) is 34.9 Å². The number of hydrogen-bond donors (Lipinski definition) is 1. The van der Waals surface area contributed by atoms with Crippen LogP contribution in [0.25, 0.3) is 11.5 Å². The van der Waals surface area contributed by atoms with Crippen LogP contribution in [-0.4, -0.2) is 40.7 Å². The van der Waals surface area contributed by atoms with Crippen LogP contribution in [0.3, 0.4) is 0 Å². The molecular weight excluding hydrogens is 240 g/mol. The highest BCUT2D eigenvalue weighted by atomic mass is 16.5. The highest BCUT2D eigenvalue weighted by Crippen LogP contribution is 2.17. The molecule has 0 bridgehead atoms. The van der Waals surface area contributed by atoms with E-state index in [0.717, 1.165) is 37.6 Å². The van der Waals surface area contributed by atoms with E-state index in [-0.39, 0.29) is 0 Å². The molecule has 100 valence electrons. The van der Waals surface area contributed by atoms with Crippen molar-refractivity contribution in [2.75, 3.05) is 19.6 Å². The first-order valence-corrected chi connectivity index (χ1v) is 6.66. The van der Waals surface area contributed by atoms with Crippen LogP contribution in [-0.2, 0) is 6.54 Å². The fourth-order valence-electron chi connectivity index (χ4n) is 2.32. The predicted octanol–water partition coefficient (Wildman–Crippen LogP) is 1.53. The zero-order chi connectivity index (χ0) is 13.1. The Hall–Kier alpha value is -1.72. The largest absolute Gasteiger partial charge is 0.334 e. The lowest BCUT2D eigenvalue weighted by molar-refractivity contribution is 0.160. The number of hydrogen-bond acceptors (Lipinski definition) is 5. The Morgan fingerprint density at radius 3 is 3.00 bits per heavy atom. The molecule has 2 heterocycles. The summed E-state index contributed by atoms with van der Waals surface area (Å²) >= 11 is 0. The third-order valence-electron chi connectivity index (χ3n) is 3.47. The first kappa shape index (κ1) is 12.3. The average molecular weight is 258 g/mol. The molecule has 0 unspecified atom stereocenters. The molecular formula is C14H18N4O. The highest BCUT2D eigenvalue weighted by molar-refractivity contribution is 5.51. The maximum Gasteiger partial charge on any atom is 0.257 e. The summed E-state index contributed by atoms with van der Waals surface area (Å²) in [6, 6.07) is 10.4. The van der Waals surface area contributed by atoms with Crippen molar-refractivity contribution >= 4 is 0 Å². The van der Waals surface area contributed by atoms with Crippen molar-refractivity contribution in [3.63, 3.8) is 0 Å². The van der Waals surface area contributed by atoms with Crippen LogP contribution in [0.2, 0.25) is 0 Å². The summed E-state index contributed by atoms with van der Waals surface area (Å²) < 4.78 is 5.32. The van der Waals surface area contributed by atoms with E-state index in [0.29, 0.717) is 11.9 Å². The van der Waals surface area contributed by atoms with E-state index in [2.05, 4.69) is 27.3 Å². The average Bonchev–Trinajstić information content (AvgIpc) is 2.91. The summed E-state index contributed by atoms with van der Waals surface area (Å²) in [5.41, 5.74) is 0.967. The number of piperazine rings is 1. The second-order valence-electron chi connectivity index (χ2n) is 4.91. The maximum absolute atomic E-state index is 5.32. The van der Waals surface area contributed by atoms with Crippen LogP contribution in [0, 0.1) is 0 Å². The van der Waals surface area contributed by atoms with E-state index in [4.69, 9.17) is 4.52 Å². The monoisotopic (exact) mass is 258 g/mol. The van der Waals surface area contributed by atoms with Gasteiger partial charge >= 0.3 is 0 Å². The highest BCUT2D eigenvalue weighted by Gasteiger charge is 2.20. The normalized spacial score (nSPS) is 20.6. The molecule has 0 aliphatic carbocycles. The van der Waals surface area contributed by atoms with Crippen molar-refractivity contribution in [2.24, 2.45) is 0 Å². The molecule has 1 aromatic carbocycles. The maximum atomic E-state index is 5.32. The van der Waals surface area contributed by atoms with Gasteiger partial charge in [0.25, 0.3) is 5.89 Å². The summed E-state index contributed by atoms with van der Waals surface area (Å²) in [5, 5.41) is 7.45. The van der Waals surface area contributed by atoms with Gasteiger partial charge in [0.1, 0.15) is 0 Å². The molecule has 5 nitrogen and oxygen atoms in total. The Balaban J connectivity index is 1.71. The number of nitrogens with one attached hydrogen (secondary N) is 1. The van der Waals surface area contributed by atoms with Crippen molar-refractivity contribution < 1.29 is 4.52 Å². The fourth-order valence-corrected chi connectivity index (χ4v) is 2.32. The Labute approximate surface area is 112 Å². The van der Waals surface area contributed by atoms with Crippen molar-refractivity contribution in [1.29, 1.82) is 0 Å². The molecule has 1 aliphatic rings. The molecule has 3 rings (SSSR count). The van der Waals surface area contributed by atoms with Gasteiger partial charge in [-0.25, -0.2) is 0 Å². The third kappa shape index (κ3) is 2.83. The fraction of sp³-hybridized carbons (Fsp3) is 0.429. The van der Waals surface area contributed by atoms with Crippen molar-refractivity contribution in [3.8, 4) is 11.5 Å². The number of nitrogens with zero attached hydrogens (tertiary/aromatic N) is 3. The van der Waals surface area contributed by atoms with Crippen molar-refractivity contribution in [3.05, 3.63) is 36.2 Å². The van der Waals surface area contributed by atoms with E-state index in [1.165, 1.54) is 0 Å². The molecule has 1 aromatic heterocycles. The summed E-state index contributed by atoms with van der Waals surface area (Å²) in [6.07, 6.45) is 0. The molecule has 1 N–H and O–H groups in total. The summed E-state index contributed by atoms with van der Waals surface area (Å²) in [4.78, 5) is 6.84. The van der Waals surface area contributed by atoms with Gasteiger partial charge in [-0.05, 0) is 19.1 Å². The number of benzene rings is 1. The molecule has 0 saturated carbocycles. The molecule has 1 aliphatic heterocycles. The van der Waals surface area contributed by atoms with Crippen LogP contribution < -0.4 is 5.32 Å². The Kier molecular flexibility index (Phi) is 3.57. The third-order valence-corrected chi connectivity index (χ3v) is 3.47. The lowest BCUT2D eigenvalue weighted by Gasteiger charge is -2.32. The summed E-state index contributed by atoms with van der Waals surface area (Å²) in [7, 11) is 0. The van der Waals surface area contributed by atoms with Gasteiger partial charge in [0.2, 0.25) is 0 Å². The minimum absolute atomic E-state index is 0.507. The van der Waals surface area contributed by atoms with Gasteiger partial charge in [0.15, 0.2) is 5.82 Å². The first-order valence-electron chi connectivity index (χ1n) is 6.66. The molecule has 19 heavy (non-hydrogen) atoms. The van der Waals surface area contributed by atoms with Crippen molar-refractivity contribution in [1.82, 2.24) is 20.4 Å². The van der Waals surface area contributed by atoms with Gasteiger partial charge < -0.3 is 9.84 Å². The minimum atomic E-state index is 0.507. The van der Waals surface area contributed by atoms with Gasteiger partial charge in [0.05, 0.1) is 6.54 Å². The van der Waals surface area contributed by atoms with E-state index in [1.807, 2.05) is 30.3 Å². The summed E-state index contributed by atoms with van der Waals surface area (Å²) in [5.74, 6) is 1.35. The predicted molar refractivity (Wildman–Crippen MR) is 72.5 cm³/mol. The van der Waals surface area contributed by atoms with Crippen LogP contribution in [0.4, 0.5) is 0 Å². The molecule has 0 radical (unpaired) electrons. The van der Waals surface area contributed by atoms with Crippen molar-refractivity contribution in [2.45, 2.75) is 19.5 Å². The molecule has 1 saturated heterocycles. The lowest BCUT2D eigenvalue weighted by Crippen LogP contribution is -2.49. The zero-order valence-electron chi connectivity index (χ0n) is 11.0. The Morgan fingerprint density at radius 2 is 2.21 bits per heavy atom. The lowest BCUT2D eigenvalue weighted by atomic mass is 10.2. The van der Waals surface area contributed by atoms with Crippen LogP contribution >= 0.6 is 0 Å². The van der Waals surface area contributed by atoms with Crippen LogP contribution in [0.5, 0.6) is 0 Å². The Bertz CT molecular complexity index is 525. The Morgan fingerprint density at radius 1 is 1.37 bits per heavy atom. The smallest absolute Gasteiger partial charge is 0.257 e. The number of rotatable bonds is 3. The molecule has 5 heteroatoms. The quantitative estimate of drug-likeness (QED) is 0.905.